The molecule has 0 unspecified atom stereocenters. The Bertz CT molecular complexity index is 2940. The summed E-state index contributed by atoms with van der Waals surface area (Å²) in [6.45, 7) is 0. The second-order valence-electron chi connectivity index (χ2n) is 12.5. The molecule has 0 atom stereocenters. The van der Waals surface area contributed by atoms with E-state index in [4.69, 9.17) is 9.97 Å². The third-order valence-electron chi connectivity index (χ3n) is 10.1. The van der Waals surface area contributed by atoms with E-state index in [1.54, 1.807) is 0 Å². The Morgan fingerprint density at radius 3 is 1.81 bits per heavy atom. The van der Waals surface area contributed by atoms with Gasteiger partial charge in [0.1, 0.15) is 5.69 Å². The Morgan fingerprint density at radius 2 is 1.02 bits per heavy atom. The van der Waals surface area contributed by atoms with Gasteiger partial charge in [-0.15, -0.1) is 0 Å². The molecule has 3 heteroatoms. The number of benzene rings is 8. The average Bonchev–Trinajstić information content (AvgIpc) is 3.41. The molecule has 11 rings (SSSR count). The molecule has 0 N–H and O–H groups in total. The summed E-state index contributed by atoms with van der Waals surface area (Å²) in [7, 11) is 0. The molecule has 10 aromatic rings. The fourth-order valence-electron chi connectivity index (χ4n) is 8.11. The van der Waals surface area contributed by atoms with Crippen LogP contribution in [0.25, 0.3) is 104 Å². The number of rotatable bonds is 3. The highest BCUT2D eigenvalue weighted by atomic mass is 15.1. The van der Waals surface area contributed by atoms with Gasteiger partial charge in [0.25, 0.3) is 0 Å². The van der Waals surface area contributed by atoms with E-state index >= 15 is 0 Å². The molecule has 1 aliphatic rings. The van der Waals surface area contributed by atoms with Crippen LogP contribution in [0.4, 0.5) is 0 Å². The van der Waals surface area contributed by atoms with Crippen LogP contribution in [0.15, 0.2) is 152 Å². The Balaban J connectivity index is 1.44. The minimum absolute atomic E-state index is 0.838. The van der Waals surface area contributed by atoms with Crippen molar-refractivity contribution in [1.29, 1.82) is 0 Å². The summed E-state index contributed by atoms with van der Waals surface area (Å²) in [4.78, 5) is 10.7. The van der Waals surface area contributed by atoms with E-state index in [0.717, 1.165) is 39.1 Å². The number of hydrogen-bond donors (Lipinski definition) is 0. The maximum Gasteiger partial charge on any atom is 0.165 e. The first-order valence-electron chi connectivity index (χ1n) is 16.1. The topological polar surface area (TPSA) is 30.7 Å². The van der Waals surface area contributed by atoms with Crippen LogP contribution in [0.2, 0.25) is 0 Å². The molecule has 0 spiro atoms. The predicted octanol–water partition coefficient (Wildman–Crippen LogP) is 11.5. The summed E-state index contributed by atoms with van der Waals surface area (Å²) in [5.74, 6) is 0.838. The van der Waals surface area contributed by atoms with Gasteiger partial charge in [0.2, 0.25) is 0 Å². The lowest BCUT2D eigenvalue weighted by molar-refractivity contribution is 1.08. The lowest BCUT2D eigenvalue weighted by Gasteiger charge is -2.17. The largest absolute Gasteiger partial charge is 0.292 e. The van der Waals surface area contributed by atoms with Crippen molar-refractivity contribution in [2.45, 2.75) is 0 Å². The number of para-hydroxylation sites is 2. The van der Waals surface area contributed by atoms with Crippen molar-refractivity contribution in [2.24, 2.45) is 0 Å². The van der Waals surface area contributed by atoms with Gasteiger partial charge in [-0.25, -0.2) is 9.97 Å². The number of aromatic nitrogens is 3. The van der Waals surface area contributed by atoms with Crippen LogP contribution >= 0.6 is 0 Å². The summed E-state index contributed by atoms with van der Waals surface area (Å²) >= 11 is 0. The van der Waals surface area contributed by atoms with Gasteiger partial charge in [-0.2, -0.15) is 0 Å². The molecule has 0 fully saturated rings. The van der Waals surface area contributed by atoms with Crippen molar-refractivity contribution in [1.82, 2.24) is 14.5 Å². The molecule has 0 aliphatic heterocycles. The van der Waals surface area contributed by atoms with Gasteiger partial charge in [-0.05, 0) is 73.5 Å². The second kappa shape index (κ2) is 9.12. The fraction of sp³-hybridized carbons (Fsp3) is 0. The molecule has 0 bridgehead atoms. The third kappa shape index (κ3) is 3.30. The minimum atomic E-state index is 0.838. The molecule has 0 radical (unpaired) electrons. The zero-order valence-corrected chi connectivity index (χ0v) is 25.3. The normalized spacial score (nSPS) is 12.3. The molecule has 1 aliphatic carbocycles. The molecule has 0 saturated heterocycles. The zero-order chi connectivity index (χ0) is 30.6. The van der Waals surface area contributed by atoms with E-state index in [9.17, 15) is 0 Å². The summed E-state index contributed by atoms with van der Waals surface area (Å²) in [5, 5.41) is 10.3. The van der Waals surface area contributed by atoms with Gasteiger partial charge in [-0.3, -0.25) is 4.57 Å². The summed E-state index contributed by atoms with van der Waals surface area (Å²) in [6, 6.07) is 54.6. The summed E-state index contributed by atoms with van der Waals surface area (Å²) in [5.41, 5.74) is 10.9. The average molecular weight is 596 g/mol. The highest BCUT2D eigenvalue weighted by Gasteiger charge is 2.27. The fourth-order valence-corrected chi connectivity index (χ4v) is 8.11. The quantitative estimate of drug-likeness (QED) is 0.190. The van der Waals surface area contributed by atoms with Crippen molar-refractivity contribution < 1.29 is 0 Å². The van der Waals surface area contributed by atoms with E-state index < -0.39 is 0 Å². The lowest BCUT2D eigenvalue weighted by Crippen LogP contribution is -2.04. The van der Waals surface area contributed by atoms with E-state index in [-0.39, 0.29) is 0 Å². The van der Waals surface area contributed by atoms with Crippen LogP contribution < -0.4 is 0 Å². The van der Waals surface area contributed by atoms with E-state index in [1.165, 1.54) is 65.3 Å². The SMILES string of the molecule is c1ccc(-c2nc3ccccc3nc2-n2c3cccc4c3c3c5c(ccc6ccc7cccc-4c7c65)c(-c4ccccc4)cc32)cc1. The van der Waals surface area contributed by atoms with Crippen molar-refractivity contribution in [3.63, 3.8) is 0 Å². The van der Waals surface area contributed by atoms with Crippen LogP contribution in [0.3, 0.4) is 0 Å². The number of nitrogens with zero attached hydrogens (tertiary/aromatic N) is 3. The molecule has 47 heavy (non-hydrogen) atoms. The second-order valence-corrected chi connectivity index (χ2v) is 12.5. The van der Waals surface area contributed by atoms with Gasteiger partial charge in [0.15, 0.2) is 5.82 Å². The number of fused-ring (bicyclic) bond motifs is 2. The van der Waals surface area contributed by atoms with Crippen LogP contribution in [0.5, 0.6) is 0 Å². The Kier molecular flexibility index (Phi) is 4.84. The highest BCUT2D eigenvalue weighted by molar-refractivity contribution is 6.39. The third-order valence-corrected chi connectivity index (χ3v) is 10.1. The first kappa shape index (κ1) is 24.9. The molecule has 3 nitrogen and oxygen atoms in total. The monoisotopic (exact) mass is 595 g/mol. The van der Waals surface area contributed by atoms with E-state index in [1.807, 2.05) is 12.1 Å². The van der Waals surface area contributed by atoms with Crippen molar-refractivity contribution in [3.05, 3.63) is 152 Å². The van der Waals surface area contributed by atoms with Crippen molar-refractivity contribution in [2.75, 3.05) is 0 Å². The molecular weight excluding hydrogens is 571 g/mol. The van der Waals surface area contributed by atoms with Crippen molar-refractivity contribution >= 4 is 65.2 Å². The molecular formula is C44H25N3. The summed E-state index contributed by atoms with van der Waals surface area (Å²) < 4.78 is 2.38. The van der Waals surface area contributed by atoms with Gasteiger partial charge < -0.3 is 0 Å². The first-order chi connectivity index (χ1) is 23.3. The lowest BCUT2D eigenvalue weighted by atomic mass is 9.90. The Morgan fingerprint density at radius 1 is 0.383 bits per heavy atom. The zero-order valence-electron chi connectivity index (χ0n) is 25.3. The van der Waals surface area contributed by atoms with Crippen LogP contribution in [0, 0.1) is 0 Å². The molecule has 0 saturated carbocycles. The maximum absolute atomic E-state index is 5.42. The van der Waals surface area contributed by atoms with E-state index in [0.29, 0.717) is 0 Å². The van der Waals surface area contributed by atoms with Gasteiger partial charge in [0, 0.05) is 21.7 Å². The predicted molar refractivity (Wildman–Crippen MR) is 196 cm³/mol. The van der Waals surface area contributed by atoms with Gasteiger partial charge in [-0.1, -0.05) is 127 Å². The highest BCUT2D eigenvalue weighted by Crippen LogP contribution is 2.51. The standard InChI is InChI=1S/C44H25N3/c1-3-11-26(12-4-1)33-25-37-42-40-31(30-16-9-15-27-21-22-28-23-24-32(33)41(42)39(28)38(27)30)17-10-20-36(40)47(37)44-43(29-13-5-2-6-14-29)45-34-18-7-8-19-35(34)46-44/h1-25H. The van der Waals surface area contributed by atoms with Gasteiger partial charge >= 0.3 is 0 Å². The Labute approximate surface area is 270 Å². The molecule has 2 heterocycles. The number of hydrogen-bond acceptors (Lipinski definition) is 2. The van der Waals surface area contributed by atoms with Gasteiger partial charge in [0.05, 0.1) is 22.1 Å². The Hall–Kier alpha value is -6.32. The van der Waals surface area contributed by atoms with Crippen LogP contribution in [-0.2, 0) is 0 Å². The molecule has 8 aromatic carbocycles. The maximum atomic E-state index is 5.42. The van der Waals surface area contributed by atoms with E-state index in [2.05, 4.69) is 144 Å². The van der Waals surface area contributed by atoms with Crippen LogP contribution in [0.1, 0.15) is 0 Å². The minimum Gasteiger partial charge on any atom is -0.292 e. The van der Waals surface area contributed by atoms with Crippen LogP contribution in [-0.4, -0.2) is 14.5 Å². The smallest absolute Gasteiger partial charge is 0.165 e. The summed E-state index contributed by atoms with van der Waals surface area (Å²) in [6.07, 6.45) is 0. The first-order valence-corrected chi connectivity index (χ1v) is 16.1. The molecule has 216 valence electrons. The molecule has 0 amide bonds. The molecule has 2 aromatic heterocycles. The van der Waals surface area contributed by atoms with Crippen molar-refractivity contribution in [3.8, 4) is 39.3 Å².